The molecule has 0 radical (unpaired) electrons. The summed E-state index contributed by atoms with van der Waals surface area (Å²) >= 11 is 0. The van der Waals surface area contributed by atoms with Gasteiger partial charge in [0.15, 0.2) is 5.60 Å². The van der Waals surface area contributed by atoms with Gasteiger partial charge in [-0.25, -0.2) is 0 Å². The Balaban J connectivity index is 2.35. The number of hydrogen-bond acceptors (Lipinski definition) is 5. The molecule has 0 aliphatic carbocycles. The van der Waals surface area contributed by atoms with E-state index in [2.05, 4.69) is 23.8 Å². The third-order valence-electron chi connectivity index (χ3n) is 5.70. The molecule has 0 saturated heterocycles. The van der Waals surface area contributed by atoms with Crippen LogP contribution >= 0.6 is 0 Å². The highest BCUT2D eigenvalue weighted by Gasteiger charge is 2.39. The number of benzene rings is 1. The summed E-state index contributed by atoms with van der Waals surface area (Å²) in [5.74, 6) is 0.208. The van der Waals surface area contributed by atoms with Gasteiger partial charge in [0.2, 0.25) is 11.7 Å². The molecule has 1 aliphatic rings. The van der Waals surface area contributed by atoms with Gasteiger partial charge >= 0.3 is 0 Å². The summed E-state index contributed by atoms with van der Waals surface area (Å²) in [6.07, 6.45) is 5.95. The van der Waals surface area contributed by atoms with Gasteiger partial charge < -0.3 is 24.7 Å². The minimum absolute atomic E-state index is 0.00812. The lowest BCUT2D eigenvalue weighted by Gasteiger charge is -2.32. The predicted molar refractivity (Wildman–Crippen MR) is 141 cm³/mol. The molecule has 2 aromatic rings. The fourth-order valence-electron chi connectivity index (χ4n) is 3.75. The van der Waals surface area contributed by atoms with E-state index in [9.17, 15) is 14.4 Å². The second-order valence-electron chi connectivity index (χ2n) is 9.06. The van der Waals surface area contributed by atoms with Crippen LogP contribution in [0.1, 0.15) is 37.5 Å². The van der Waals surface area contributed by atoms with Crippen LogP contribution in [-0.2, 0) is 16.6 Å². The first-order valence-corrected chi connectivity index (χ1v) is 11.4. The molecule has 0 unspecified atom stereocenters. The molecular weight excluding hydrogens is 458 g/mol. The van der Waals surface area contributed by atoms with E-state index in [0.717, 1.165) is 17.2 Å². The zero-order chi connectivity index (χ0) is 26.8. The molecule has 2 heterocycles. The standard InChI is InChI=1S/C28H31N3O5/c1-9-21(35-24-16(3)12-11-13-17(24)4)19(14-18(5)29-22(32)10-2)20-15-31(8)26(33)25-23(20)30-27(34)28(6,7)36-25/h9-15H,1-2H2,3-8H3,(H,29,32)(H,30,34)/b18-14+,21-19-. The van der Waals surface area contributed by atoms with Gasteiger partial charge in [-0.1, -0.05) is 31.4 Å². The molecule has 36 heavy (non-hydrogen) atoms. The number of para-hydroxylation sites is 1. The van der Waals surface area contributed by atoms with Crippen molar-refractivity contribution in [3.63, 3.8) is 0 Å². The topological polar surface area (TPSA) is 98.7 Å². The van der Waals surface area contributed by atoms with Crippen LogP contribution in [0.4, 0.5) is 5.69 Å². The van der Waals surface area contributed by atoms with Gasteiger partial charge in [-0.3, -0.25) is 14.4 Å². The highest BCUT2D eigenvalue weighted by atomic mass is 16.5. The molecule has 2 N–H and O–H groups in total. The molecule has 1 aliphatic heterocycles. The van der Waals surface area contributed by atoms with Crippen molar-refractivity contribution in [3.05, 3.63) is 94.3 Å². The number of fused-ring (bicyclic) bond motifs is 1. The zero-order valence-corrected chi connectivity index (χ0v) is 21.4. The Kier molecular flexibility index (Phi) is 7.38. The van der Waals surface area contributed by atoms with Crippen molar-refractivity contribution < 1.29 is 19.1 Å². The Hall–Kier alpha value is -4.33. The average Bonchev–Trinajstić information content (AvgIpc) is 2.81. The van der Waals surface area contributed by atoms with Gasteiger partial charge in [-0.2, -0.15) is 0 Å². The summed E-state index contributed by atoms with van der Waals surface area (Å²) < 4.78 is 13.6. The Bertz CT molecular complexity index is 1370. The van der Waals surface area contributed by atoms with Crippen molar-refractivity contribution in [1.82, 2.24) is 9.88 Å². The molecule has 8 heteroatoms. The zero-order valence-electron chi connectivity index (χ0n) is 21.4. The number of amides is 2. The van der Waals surface area contributed by atoms with Crippen LogP contribution in [0.2, 0.25) is 0 Å². The van der Waals surface area contributed by atoms with Crippen LogP contribution < -0.4 is 25.7 Å². The lowest BCUT2D eigenvalue weighted by atomic mass is 9.99. The number of aromatic nitrogens is 1. The number of carbonyl (C=O) groups excluding carboxylic acids is 2. The molecule has 0 atom stereocenters. The first-order valence-electron chi connectivity index (χ1n) is 11.4. The molecule has 0 saturated carbocycles. The van der Waals surface area contributed by atoms with E-state index in [-0.39, 0.29) is 17.3 Å². The number of rotatable bonds is 7. The molecule has 1 aromatic heterocycles. The SMILES string of the molecule is C=CC(=O)N/C(C)=C/C(=C(\C=C)Oc1c(C)cccc1C)c1cn(C)c(=O)c2c1NC(=O)C(C)(C)O2. The minimum Gasteiger partial charge on any atom is -0.470 e. The molecule has 2 amide bonds. The third kappa shape index (κ3) is 5.17. The Morgan fingerprint density at radius 1 is 1.17 bits per heavy atom. The van der Waals surface area contributed by atoms with Crippen LogP contribution in [0.25, 0.3) is 5.57 Å². The fourth-order valence-corrected chi connectivity index (χ4v) is 3.75. The number of nitrogens with zero attached hydrogens (tertiary/aromatic N) is 1. The largest absolute Gasteiger partial charge is 0.470 e. The van der Waals surface area contributed by atoms with Gasteiger partial charge in [0, 0.05) is 30.1 Å². The number of pyridine rings is 1. The first-order chi connectivity index (χ1) is 16.9. The molecular formula is C28H31N3O5. The first kappa shape index (κ1) is 26.3. The highest BCUT2D eigenvalue weighted by molar-refractivity contribution is 6.03. The summed E-state index contributed by atoms with van der Waals surface area (Å²) in [5, 5.41) is 5.54. The van der Waals surface area contributed by atoms with Crippen molar-refractivity contribution in [3.8, 4) is 11.5 Å². The molecule has 8 nitrogen and oxygen atoms in total. The quantitative estimate of drug-likeness (QED) is 0.343. The number of nitrogens with one attached hydrogen (secondary N) is 2. The highest BCUT2D eigenvalue weighted by Crippen LogP contribution is 2.39. The van der Waals surface area contributed by atoms with Crippen molar-refractivity contribution >= 4 is 23.1 Å². The van der Waals surface area contributed by atoms with Crippen molar-refractivity contribution in [2.45, 2.75) is 40.2 Å². The normalized spacial score (nSPS) is 15.1. The summed E-state index contributed by atoms with van der Waals surface area (Å²) in [5.41, 5.74) is 1.78. The van der Waals surface area contributed by atoms with E-state index in [1.54, 1.807) is 40.1 Å². The number of allylic oxidation sites excluding steroid dienone is 4. The average molecular weight is 490 g/mol. The maximum absolute atomic E-state index is 12.9. The van der Waals surface area contributed by atoms with E-state index in [4.69, 9.17) is 9.47 Å². The van der Waals surface area contributed by atoms with E-state index in [1.807, 2.05) is 32.0 Å². The van der Waals surface area contributed by atoms with Crippen LogP contribution in [-0.4, -0.2) is 22.0 Å². The van der Waals surface area contributed by atoms with Crippen LogP contribution in [0, 0.1) is 13.8 Å². The maximum Gasteiger partial charge on any atom is 0.294 e. The molecule has 188 valence electrons. The maximum atomic E-state index is 12.9. The van der Waals surface area contributed by atoms with Gasteiger partial charge in [-0.15, -0.1) is 0 Å². The third-order valence-corrected chi connectivity index (χ3v) is 5.70. The Labute approximate surface area is 210 Å². The van der Waals surface area contributed by atoms with Gasteiger partial charge in [-0.05, 0) is 64.0 Å². The van der Waals surface area contributed by atoms with Gasteiger partial charge in [0.25, 0.3) is 11.5 Å². The van der Waals surface area contributed by atoms with Crippen LogP contribution in [0.5, 0.6) is 11.5 Å². The summed E-state index contributed by atoms with van der Waals surface area (Å²) in [7, 11) is 1.59. The van der Waals surface area contributed by atoms with E-state index in [0.29, 0.717) is 28.3 Å². The lowest BCUT2D eigenvalue weighted by Crippen LogP contribution is -2.48. The molecule has 1 aromatic carbocycles. The summed E-state index contributed by atoms with van der Waals surface area (Å²) in [6, 6.07) is 5.79. The molecule has 3 rings (SSSR count). The van der Waals surface area contributed by atoms with Gasteiger partial charge in [0.05, 0.1) is 5.69 Å². The number of carbonyl (C=O) groups is 2. The number of anilines is 1. The van der Waals surface area contributed by atoms with Gasteiger partial charge in [0.1, 0.15) is 11.5 Å². The second kappa shape index (κ2) is 10.1. The summed E-state index contributed by atoms with van der Waals surface area (Å²) in [4.78, 5) is 37.7. The Morgan fingerprint density at radius 3 is 2.39 bits per heavy atom. The van der Waals surface area contributed by atoms with Crippen molar-refractivity contribution in [1.29, 1.82) is 0 Å². The summed E-state index contributed by atoms with van der Waals surface area (Å²) in [6.45, 7) is 16.1. The van der Waals surface area contributed by atoms with Crippen LogP contribution in [0.3, 0.4) is 0 Å². The smallest absolute Gasteiger partial charge is 0.294 e. The van der Waals surface area contributed by atoms with E-state index >= 15 is 0 Å². The number of ether oxygens (including phenoxy) is 2. The number of hydrogen-bond donors (Lipinski definition) is 2. The van der Waals surface area contributed by atoms with Crippen LogP contribution in [0.15, 0.2) is 72.0 Å². The van der Waals surface area contributed by atoms with E-state index in [1.165, 1.54) is 10.6 Å². The second-order valence-corrected chi connectivity index (χ2v) is 9.06. The monoisotopic (exact) mass is 489 g/mol. The fraction of sp³-hybridized carbons (Fsp3) is 0.250. The minimum atomic E-state index is -1.23. The molecule has 0 spiro atoms. The van der Waals surface area contributed by atoms with Crippen molar-refractivity contribution in [2.75, 3.05) is 5.32 Å². The molecule has 0 bridgehead atoms. The predicted octanol–water partition coefficient (Wildman–Crippen LogP) is 4.29. The Morgan fingerprint density at radius 2 is 1.81 bits per heavy atom. The van der Waals surface area contributed by atoms with E-state index < -0.39 is 17.1 Å². The number of aryl methyl sites for hydroxylation is 3. The van der Waals surface area contributed by atoms with Crippen molar-refractivity contribution in [2.24, 2.45) is 7.05 Å². The lowest BCUT2D eigenvalue weighted by molar-refractivity contribution is -0.129. The molecule has 0 fully saturated rings.